The molecule has 122 valence electrons. The van der Waals surface area contributed by atoms with Crippen LogP contribution in [0.3, 0.4) is 0 Å². The average molecular weight is 323 g/mol. The number of carbonyl (C=O) groups excluding carboxylic acids is 2. The molecule has 0 aliphatic carbocycles. The molecular formula is C18H17N3O3. The highest BCUT2D eigenvalue weighted by molar-refractivity contribution is 6.09. The van der Waals surface area contributed by atoms with E-state index < -0.39 is 5.97 Å². The Morgan fingerprint density at radius 3 is 2.54 bits per heavy atom. The Bertz CT molecular complexity index is 944. The number of fused-ring (bicyclic) bond motifs is 1. The van der Waals surface area contributed by atoms with Gasteiger partial charge in [-0.25, -0.2) is 4.79 Å². The normalized spacial score (nSPS) is 10.6. The summed E-state index contributed by atoms with van der Waals surface area (Å²) in [6.07, 6.45) is 0. The molecule has 0 bridgehead atoms. The number of rotatable bonds is 3. The molecular weight excluding hydrogens is 306 g/mol. The third kappa shape index (κ3) is 2.74. The first-order chi connectivity index (χ1) is 11.5. The first-order valence-corrected chi connectivity index (χ1v) is 7.43. The van der Waals surface area contributed by atoms with Crippen molar-refractivity contribution in [3.63, 3.8) is 0 Å². The number of nitrogens with one attached hydrogen (secondary N) is 1. The number of aromatic nitrogens is 2. The Hall–Kier alpha value is -3.15. The zero-order chi connectivity index (χ0) is 17.3. The van der Waals surface area contributed by atoms with E-state index in [4.69, 9.17) is 4.74 Å². The summed E-state index contributed by atoms with van der Waals surface area (Å²) in [5.41, 5.74) is 1.63. The van der Waals surface area contributed by atoms with Crippen molar-refractivity contribution >= 4 is 28.3 Å². The molecule has 2 aromatic carbocycles. The summed E-state index contributed by atoms with van der Waals surface area (Å²) in [7, 11) is 2.98. The highest BCUT2D eigenvalue weighted by Gasteiger charge is 2.22. The highest BCUT2D eigenvalue weighted by Crippen LogP contribution is 2.22. The second kappa shape index (κ2) is 6.16. The van der Waals surface area contributed by atoms with Crippen LogP contribution in [0.2, 0.25) is 0 Å². The fourth-order valence-electron chi connectivity index (χ4n) is 2.51. The van der Waals surface area contributed by atoms with Gasteiger partial charge < -0.3 is 10.1 Å². The van der Waals surface area contributed by atoms with Gasteiger partial charge in [0.05, 0.1) is 18.5 Å². The molecule has 1 aromatic heterocycles. The Morgan fingerprint density at radius 2 is 1.83 bits per heavy atom. The number of nitrogens with zero attached hydrogens (tertiary/aromatic N) is 2. The number of aryl methyl sites for hydroxylation is 1. The predicted molar refractivity (Wildman–Crippen MR) is 91.2 cm³/mol. The lowest BCUT2D eigenvalue weighted by Crippen LogP contribution is -2.15. The summed E-state index contributed by atoms with van der Waals surface area (Å²) < 4.78 is 6.25. The van der Waals surface area contributed by atoms with Crippen molar-refractivity contribution in [1.82, 2.24) is 9.78 Å². The van der Waals surface area contributed by atoms with Crippen molar-refractivity contribution in [2.45, 2.75) is 6.92 Å². The summed E-state index contributed by atoms with van der Waals surface area (Å²) in [5.74, 6) is -0.894. The number of anilines is 1. The van der Waals surface area contributed by atoms with E-state index in [0.717, 1.165) is 10.8 Å². The number of esters is 1. The van der Waals surface area contributed by atoms with Crippen LogP contribution in [0.1, 0.15) is 26.5 Å². The monoisotopic (exact) mass is 323 g/mol. The van der Waals surface area contributed by atoms with E-state index in [2.05, 4.69) is 10.4 Å². The first kappa shape index (κ1) is 15.7. The fraction of sp³-hybridized carbons (Fsp3) is 0.167. The van der Waals surface area contributed by atoms with Crippen LogP contribution in [-0.4, -0.2) is 28.8 Å². The van der Waals surface area contributed by atoms with Crippen molar-refractivity contribution in [3.8, 4) is 0 Å². The molecule has 0 fully saturated rings. The van der Waals surface area contributed by atoms with Gasteiger partial charge in [0.1, 0.15) is 0 Å². The Kier molecular flexibility index (Phi) is 4.04. The van der Waals surface area contributed by atoms with Gasteiger partial charge in [0, 0.05) is 12.6 Å². The molecule has 0 saturated heterocycles. The maximum Gasteiger partial charge on any atom is 0.360 e. The number of hydrogen-bond donors (Lipinski definition) is 1. The molecule has 0 unspecified atom stereocenters. The van der Waals surface area contributed by atoms with Crippen molar-refractivity contribution in [1.29, 1.82) is 0 Å². The summed E-state index contributed by atoms with van der Waals surface area (Å²) in [4.78, 5) is 24.4. The number of benzene rings is 2. The highest BCUT2D eigenvalue weighted by atomic mass is 16.5. The molecule has 0 aliphatic heterocycles. The van der Waals surface area contributed by atoms with Crippen LogP contribution >= 0.6 is 0 Å². The molecule has 6 nitrogen and oxygen atoms in total. The Labute approximate surface area is 139 Å². The number of hydrogen-bond acceptors (Lipinski definition) is 4. The van der Waals surface area contributed by atoms with E-state index in [-0.39, 0.29) is 11.6 Å². The molecule has 1 amide bonds. The average Bonchev–Trinajstić information content (AvgIpc) is 2.89. The minimum Gasteiger partial charge on any atom is -0.464 e. The number of ether oxygens (including phenoxy) is 1. The minimum absolute atomic E-state index is 0.0895. The van der Waals surface area contributed by atoms with Crippen LogP contribution in [-0.2, 0) is 11.8 Å². The van der Waals surface area contributed by atoms with Crippen LogP contribution < -0.4 is 5.32 Å². The lowest BCUT2D eigenvalue weighted by Gasteiger charge is -2.07. The predicted octanol–water partition coefficient (Wildman–Crippen LogP) is 2.92. The van der Waals surface area contributed by atoms with E-state index in [0.29, 0.717) is 16.9 Å². The molecule has 1 N–H and O–H groups in total. The number of carbonyl (C=O) groups is 2. The number of methoxy groups -OCH3 is 1. The van der Waals surface area contributed by atoms with Crippen molar-refractivity contribution in [2.75, 3.05) is 12.4 Å². The zero-order valence-corrected chi connectivity index (χ0v) is 13.7. The molecule has 0 saturated carbocycles. The van der Waals surface area contributed by atoms with Crippen LogP contribution in [0, 0.1) is 6.92 Å². The SMILES string of the molecule is COC(=O)c1nn(C)c(C)c1NC(=O)c1ccc2ccccc2c1. The summed E-state index contributed by atoms with van der Waals surface area (Å²) in [6, 6.07) is 13.3. The van der Waals surface area contributed by atoms with E-state index in [1.165, 1.54) is 11.8 Å². The quantitative estimate of drug-likeness (QED) is 0.752. The standard InChI is InChI=1S/C18H17N3O3/c1-11-15(16(18(23)24-3)20-21(11)2)19-17(22)14-9-8-12-6-4-5-7-13(12)10-14/h4-10H,1-3H3,(H,19,22). The summed E-state index contributed by atoms with van der Waals surface area (Å²) >= 11 is 0. The third-order valence-corrected chi connectivity index (χ3v) is 3.96. The molecule has 0 spiro atoms. The minimum atomic E-state index is -0.590. The van der Waals surface area contributed by atoms with Gasteiger partial charge >= 0.3 is 5.97 Å². The molecule has 3 rings (SSSR count). The van der Waals surface area contributed by atoms with E-state index >= 15 is 0 Å². The maximum absolute atomic E-state index is 12.6. The van der Waals surface area contributed by atoms with Crippen LogP contribution in [0.15, 0.2) is 42.5 Å². The van der Waals surface area contributed by atoms with E-state index in [1.807, 2.05) is 36.4 Å². The molecule has 0 atom stereocenters. The molecule has 24 heavy (non-hydrogen) atoms. The molecule has 3 aromatic rings. The van der Waals surface area contributed by atoms with Gasteiger partial charge in [-0.05, 0) is 29.8 Å². The zero-order valence-electron chi connectivity index (χ0n) is 13.7. The lowest BCUT2D eigenvalue weighted by atomic mass is 10.1. The van der Waals surface area contributed by atoms with Crippen molar-refractivity contribution < 1.29 is 14.3 Å². The first-order valence-electron chi connectivity index (χ1n) is 7.43. The molecule has 6 heteroatoms. The van der Waals surface area contributed by atoms with Gasteiger partial charge in [0.25, 0.3) is 5.91 Å². The molecule has 1 heterocycles. The van der Waals surface area contributed by atoms with Crippen molar-refractivity contribution in [2.24, 2.45) is 7.05 Å². The largest absolute Gasteiger partial charge is 0.464 e. The molecule has 0 radical (unpaired) electrons. The van der Waals surface area contributed by atoms with Crippen LogP contribution in [0.5, 0.6) is 0 Å². The summed E-state index contributed by atoms with van der Waals surface area (Å²) in [6.45, 7) is 1.77. The third-order valence-electron chi connectivity index (χ3n) is 3.96. The van der Waals surface area contributed by atoms with Gasteiger partial charge in [-0.2, -0.15) is 5.10 Å². The lowest BCUT2D eigenvalue weighted by molar-refractivity contribution is 0.0594. The van der Waals surface area contributed by atoms with Gasteiger partial charge in [0.15, 0.2) is 5.69 Å². The topological polar surface area (TPSA) is 73.2 Å². The van der Waals surface area contributed by atoms with Gasteiger partial charge in [0.2, 0.25) is 0 Å². The fourth-order valence-corrected chi connectivity index (χ4v) is 2.51. The maximum atomic E-state index is 12.6. The number of amides is 1. The second-order valence-electron chi connectivity index (χ2n) is 5.44. The van der Waals surface area contributed by atoms with Gasteiger partial charge in [-0.15, -0.1) is 0 Å². The van der Waals surface area contributed by atoms with Crippen LogP contribution in [0.4, 0.5) is 5.69 Å². The van der Waals surface area contributed by atoms with Crippen molar-refractivity contribution in [3.05, 3.63) is 59.4 Å². The Morgan fingerprint density at radius 1 is 1.12 bits per heavy atom. The molecule has 0 aliphatic rings. The van der Waals surface area contributed by atoms with E-state index in [9.17, 15) is 9.59 Å². The van der Waals surface area contributed by atoms with Crippen LogP contribution in [0.25, 0.3) is 10.8 Å². The Balaban J connectivity index is 1.95. The second-order valence-corrected chi connectivity index (χ2v) is 5.44. The van der Waals surface area contributed by atoms with Gasteiger partial charge in [-0.3, -0.25) is 9.48 Å². The smallest absolute Gasteiger partial charge is 0.360 e. The summed E-state index contributed by atoms with van der Waals surface area (Å²) in [5, 5.41) is 8.91. The van der Waals surface area contributed by atoms with Gasteiger partial charge in [-0.1, -0.05) is 30.3 Å². The van der Waals surface area contributed by atoms with E-state index in [1.54, 1.807) is 20.0 Å².